The molecule has 0 saturated carbocycles. The maximum Gasteiger partial charge on any atom is 0.225 e. The minimum absolute atomic E-state index is 0.586. The highest BCUT2D eigenvalue weighted by Crippen LogP contribution is 2.17. The molecule has 0 aliphatic rings. The Kier molecular flexibility index (Phi) is 5.16. The minimum Gasteiger partial charge on any atom is -0.492 e. The molecule has 0 bridgehead atoms. The van der Waals surface area contributed by atoms with Gasteiger partial charge in [0.15, 0.2) is 0 Å². The zero-order valence-electron chi connectivity index (χ0n) is 12.9. The Morgan fingerprint density at radius 2 is 1.91 bits per heavy atom. The molecule has 0 aliphatic carbocycles. The summed E-state index contributed by atoms with van der Waals surface area (Å²) in [6.45, 7) is 1.32. The van der Waals surface area contributed by atoms with Gasteiger partial charge in [0.05, 0.1) is 12.1 Å². The lowest BCUT2D eigenvalue weighted by Gasteiger charge is -2.16. The van der Waals surface area contributed by atoms with Crippen molar-refractivity contribution in [2.24, 2.45) is 0 Å². The first-order chi connectivity index (χ1) is 11.3. The van der Waals surface area contributed by atoms with Crippen molar-refractivity contribution in [3.63, 3.8) is 0 Å². The van der Waals surface area contributed by atoms with Crippen LogP contribution in [0.3, 0.4) is 0 Å². The second-order valence-corrected chi connectivity index (χ2v) is 6.08. The van der Waals surface area contributed by atoms with E-state index in [9.17, 15) is 0 Å². The van der Waals surface area contributed by atoms with E-state index in [1.807, 2.05) is 41.9 Å². The molecule has 0 fully saturated rings. The van der Waals surface area contributed by atoms with Gasteiger partial charge >= 0.3 is 0 Å². The van der Waals surface area contributed by atoms with Gasteiger partial charge in [-0.3, -0.25) is 4.98 Å². The van der Waals surface area contributed by atoms with Crippen molar-refractivity contribution in [2.75, 3.05) is 25.1 Å². The summed E-state index contributed by atoms with van der Waals surface area (Å²) in [5, 5.41) is 0. The Morgan fingerprint density at radius 3 is 2.61 bits per heavy atom. The summed E-state index contributed by atoms with van der Waals surface area (Å²) in [6, 6.07) is 10.0. The number of aromatic nitrogens is 3. The van der Waals surface area contributed by atoms with Gasteiger partial charge in [-0.1, -0.05) is 12.1 Å². The number of hydrogen-bond acceptors (Lipinski definition) is 6. The number of hydrogen-bond donors (Lipinski definition) is 0. The van der Waals surface area contributed by atoms with Crippen molar-refractivity contribution in [3.05, 3.63) is 64.9 Å². The maximum absolute atomic E-state index is 5.78. The molecule has 0 atom stereocenters. The molecule has 0 amide bonds. The first kappa shape index (κ1) is 15.4. The molecule has 0 spiro atoms. The quantitative estimate of drug-likeness (QED) is 0.668. The zero-order chi connectivity index (χ0) is 15.9. The van der Waals surface area contributed by atoms with Gasteiger partial charge < -0.3 is 9.64 Å². The Bertz CT molecular complexity index is 701. The molecule has 0 N–H and O–H groups in total. The van der Waals surface area contributed by atoms with Gasteiger partial charge in [-0.2, -0.15) is 0 Å². The third kappa shape index (κ3) is 4.50. The first-order valence-electron chi connectivity index (χ1n) is 7.38. The van der Waals surface area contributed by atoms with E-state index in [0.717, 1.165) is 18.7 Å². The predicted molar refractivity (Wildman–Crippen MR) is 92.2 cm³/mol. The van der Waals surface area contributed by atoms with Crippen molar-refractivity contribution < 1.29 is 4.74 Å². The maximum atomic E-state index is 5.78. The molecule has 2 heterocycles. The molecule has 2 aromatic heterocycles. The summed E-state index contributed by atoms with van der Waals surface area (Å²) >= 11 is 1.68. The van der Waals surface area contributed by atoms with Gasteiger partial charge in [0.1, 0.15) is 12.4 Å². The summed E-state index contributed by atoms with van der Waals surface area (Å²) in [5.41, 5.74) is 3.12. The van der Waals surface area contributed by atoms with Crippen LogP contribution in [0.1, 0.15) is 10.4 Å². The van der Waals surface area contributed by atoms with E-state index >= 15 is 0 Å². The van der Waals surface area contributed by atoms with E-state index in [-0.39, 0.29) is 0 Å². The number of likely N-dealkylation sites (N-methyl/N-ethyl adjacent to an activating group) is 1. The van der Waals surface area contributed by atoms with E-state index in [2.05, 4.69) is 27.1 Å². The topological polar surface area (TPSA) is 51.1 Å². The van der Waals surface area contributed by atoms with Crippen LogP contribution in [0.2, 0.25) is 0 Å². The van der Waals surface area contributed by atoms with Gasteiger partial charge in [-0.15, -0.1) is 11.3 Å². The molecule has 3 rings (SSSR count). The summed E-state index contributed by atoms with van der Waals surface area (Å²) in [6.07, 6.45) is 6.30. The second-order valence-electron chi connectivity index (χ2n) is 5.11. The highest BCUT2D eigenvalue weighted by atomic mass is 32.1. The summed E-state index contributed by atoms with van der Waals surface area (Å²) in [4.78, 5) is 15.7. The van der Waals surface area contributed by atoms with Crippen LogP contribution in [-0.2, 0) is 6.42 Å². The number of anilines is 1. The number of benzene rings is 1. The molecule has 0 radical (unpaired) electrons. The molecular weight excluding hydrogens is 308 g/mol. The van der Waals surface area contributed by atoms with Crippen LogP contribution in [-0.4, -0.2) is 35.2 Å². The largest absolute Gasteiger partial charge is 0.492 e. The molecule has 3 aromatic rings. The lowest BCUT2D eigenvalue weighted by atomic mass is 10.1. The molecule has 0 aliphatic heterocycles. The lowest BCUT2D eigenvalue weighted by Crippen LogP contribution is -2.25. The third-order valence-electron chi connectivity index (χ3n) is 3.37. The lowest BCUT2D eigenvalue weighted by molar-refractivity contribution is 0.325. The van der Waals surface area contributed by atoms with Crippen LogP contribution in [0.25, 0.3) is 0 Å². The summed E-state index contributed by atoms with van der Waals surface area (Å²) in [5.74, 6) is 1.58. The SMILES string of the molecule is CN(CCOc1ccc(Cc2cncs2)cc1)c1ncccn1. The van der Waals surface area contributed by atoms with E-state index < -0.39 is 0 Å². The van der Waals surface area contributed by atoms with Gasteiger partial charge in [0, 0.05) is 36.9 Å². The summed E-state index contributed by atoms with van der Waals surface area (Å²) in [7, 11) is 1.96. The molecule has 5 nitrogen and oxygen atoms in total. The van der Waals surface area contributed by atoms with E-state index in [1.54, 1.807) is 23.7 Å². The van der Waals surface area contributed by atoms with Crippen molar-refractivity contribution >= 4 is 17.3 Å². The van der Waals surface area contributed by atoms with Crippen molar-refractivity contribution in [1.29, 1.82) is 0 Å². The number of rotatable bonds is 7. The molecule has 0 unspecified atom stereocenters. The van der Waals surface area contributed by atoms with E-state index in [4.69, 9.17) is 4.74 Å². The first-order valence-corrected chi connectivity index (χ1v) is 8.26. The summed E-state index contributed by atoms with van der Waals surface area (Å²) < 4.78 is 5.78. The van der Waals surface area contributed by atoms with Crippen LogP contribution < -0.4 is 9.64 Å². The number of ether oxygens (including phenoxy) is 1. The third-order valence-corrected chi connectivity index (χ3v) is 4.15. The van der Waals surface area contributed by atoms with Crippen LogP contribution >= 0.6 is 11.3 Å². The average molecular weight is 326 g/mol. The van der Waals surface area contributed by atoms with Crippen LogP contribution in [0.4, 0.5) is 5.95 Å². The van der Waals surface area contributed by atoms with Crippen molar-refractivity contribution in [3.8, 4) is 5.75 Å². The molecule has 23 heavy (non-hydrogen) atoms. The fourth-order valence-electron chi connectivity index (χ4n) is 2.12. The minimum atomic E-state index is 0.586. The van der Waals surface area contributed by atoms with Crippen LogP contribution in [0.5, 0.6) is 5.75 Å². The zero-order valence-corrected chi connectivity index (χ0v) is 13.7. The Labute approximate surface area is 139 Å². The van der Waals surface area contributed by atoms with E-state index in [1.165, 1.54) is 10.4 Å². The normalized spacial score (nSPS) is 10.5. The molecular formula is C17H18N4OS. The van der Waals surface area contributed by atoms with Gasteiger partial charge in [0.2, 0.25) is 5.95 Å². The van der Waals surface area contributed by atoms with Crippen LogP contribution in [0, 0.1) is 0 Å². The van der Waals surface area contributed by atoms with Gasteiger partial charge in [-0.05, 0) is 23.8 Å². The molecule has 118 valence electrons. The average Bonchev–Trinajstić information content (AvgIpc) is 3.10. The highest BCUT2D eigenvalue weighted by molar-refractivity contribution is 7.09. The number of thiazole rings is 1. The highest BCUT2D eigenvalue weighted by Gasteiger charge is 2.03. The van der Waals surface area contributed by atoms with Crippen molar-refractivity contribution in [1.82, 2.24) is 15.0 Å². The fourth-order valence-corrected chi connectivity index (χ4v) is 2.75. The van der Waals surface area contributed by atoms with Crippen molar-refractivity contribution in [2.45, 2.75) is 6.42 Å². The predicted octanol–water partition coefficient (Wildman–Crippen LogP) is 3.04. The molecule has 6 heteroatoms. The Morgan fingerprint density at radius 1 is 1.13 bits per heavy atom. The fraction of sp³-hybridized carbons (Fsp3) is 0.235. The smallest absolute Gasteiger partial charge is 0.225 e. The van der Waals surface area contributed by atoms with E-state index in [0.29, 0.717) is 12.6 Å². The van der Waals surface area contributed by atoms with Gasteiger partial charge in [0.25, 0.3) is 0 Å². The van der Waals surface area contributed by atoms with Gasteiger partial charge in [-0.25, -0.2) is 9.97 Å². The monoisotopic (exact) mass is 326 g/mol. The Hall–Kier alpha value is -2.47. The standard InChI is InChI=1S/C17H18N4OS/c1-21(17-19-7-2-8-20-17)9-10-22-15-5-3-14(4-6-15)11-16-12-18-13-23-16/h2-8,12-13H,9-11H2,1H3. The Balaban J connectivity index is 1.47. The molecule has 1 aromatic carbocycles. The van der Waals surface area contributed by atoms with Crippen LogP contribution in [0.15, 0.2) is 54.4 Å². The molecule has 0 saturated heterocycles. The number of nitrogens with zero attached hydrogens (tertiary/aromatic N) is 4. The second kappa shape index (κ2) is 7.69.